The summed E-state index contributed by atoms with van der Waals surface area (Å²) in [6.07, 6.45) is 3.85. The summed E-state index contributed by atoms with van der Waals surface area (Å²) in [5.41, 5.74) is 1.22. The normalized spacial score (nSPS) is 7.58. The molecular formula is C11H19N. The lowest BCUT2D eigenvalue weighted by molar-refractivity contribution is 1.31. The summed E-state index contributed by atoms with van der Waals surface area (Å²) in [5.74, 6) is 0. The predicted molar refractivity (Wildman–Crippen MR) is 56.6 cm³/mol. The van der Waals surface area contributed by atoms with Gasteiger partial charge in [-0.25, -0.2) is 0 Å². The molecule has 0 saturated carbocycles. The first kappa shape index (κ1) is 10.8. The van der Waals surface area contributed by atoms with E-state index in [2.05, 4.69) is 18.0 Å². The largest absolute Gasteiger partial charge is 0.367 e. The Balaban J connectivity index is 0. The van der Waals surface area contributed by atoms with Crippen LogP contribution in [0.2, 0.25) is 0 Å². The Bertz CT molecular complexity index is 218. The third kappa shape index (κ3) is 5.54. The molecule has 1 rings (SSSR count). The Morgan fingerprint density at radius 1 is 1.08 bits per heavy atom. The van der Waals surface area contributed by atoms with Crippen molar-refractivity contribution in [3.05, 3.63) is 48.3 Å². The van der Waals surface area contributed by atoms with Crippen LogP contribution in [-0.4, -0.2) is 4.98 Å². The van der Waals surface area contributed by atoms with E-state index in [0.717, 1.165) is 0 Å². The van der Waals surface area contributed by atoms with E-state index in [0.29, 0.717) is 0 Å². The van der Waals surface area contributed by atoms with Crippen LogP contribution in [0.3, 0.4) is 0 Å². The fourth-order valence-corrected chi connectivity index (χ4v) is 0.674. The smallest absolute Gasteiger partial charge is 0.00339 e. The van der Waals surface area contributed by atoms with Crippen LogP contribution >= 0.6 is 0 Å². The number of aromatic amines is 1. The second-order valence-corrected chi connectivity index (χ2v) is 2.16. The molecule has 1 heteroatoms. The van der Waals surface area contributed by atoms with Gasteiger partial charge < -0.3 is 4.98 Å². The van der Waals surface area contributed by atoms with E-state index in [1.807, 2.05) is 50.5 Å². The van der Waals surface area contributed by atoms with Gasteiger partial charge in [-0.05, 0) is 18.6 Å². The fraction of sp³-hybridized carbons (Fsp3) is 0.273. The monoisotopic (exact) mass is 165 g/mol. The van der Waals surface area contributed by atoms with E-state index in [4.69, 9.17) is 0 Å². The van der Waals surface area contributed by atoms with Crippen molar-refractivity contribution < 1.29 is 1.43 Å². The van der Waals surface area contributed by atoms with E-state index in [-0.39, 0.29) is 1.43 Å². The fourth-order valence-electron chi connectivity index (χ4n) is 0.674. The number of hydrogen-bond donors (Lipinski definition) is 1. The zero-order chi connectivity index (χ0) is 9.23. The van der Waals surface area contributed by atoms with Gasteiger partial charge in [-0.3, -0.25) is 0 Å². The van der Waals surface area contributed by atoms with Crippen molar-refractivity contribution in [2.45, 2.75) is 20.8 Å². The quantitative estimate of drug-likeness (QED) is 0.603. The second-order valence-electron chi connectivity index (χ2n) is 2.16. The molecule has 0 aromatic carbocycles. The summed E-state index contributed by atoms with van der Waals surface area (Å²) in [6, 6.07) is 10.0. The van der Waals surface area contributed by atoms with Gasteiger partial charge in [0, 0.05) is 13.8 Å². The first-order valence-corrected chi connectivity index (χ1v) is 4.32. The highest BCUT2D eigenvalue weighted by atomic mass is 14.6. The molecular weight excluding hydrogens is 146 g/mol. The Hall–Kier alpha value is -1.24. The molecule has 0 aliphatic carbocycles. The summed E-state index contributed by atoms with van der Waals surface area (Å²) < 4.78 is 0. The van der Waals surface area contributed by atoms with Gasteiger partial charge in [-0.2, -0.15) is 0 Å². The molecule has 0 spiro atoms. The van der Waals surface area contributed by atoms with Crippen LogP contribution in [0, 0.1) is 6.92 Å². The number of H-pyrrole nitrogens is 1. The number of hydrogen-bond acceptors (Lipinski definition) is 0. The van der Waals surface area contributed by atoms with Crippen LogP contribution in [0.4, 0.5) is 0 Å². The zero-order valence-electron chi connectivity index (χ0n) is 8.04. The van der Waals surface area contributed by atoms with Crippen molar-refractivity contribution in [1.29, 1.82) is 0 Å². The van der Waals surface area contributed by atoms with Crippen LogP contribution in [0.1, 0.15) is 20.8 Å². The number of rotatable bonds is 0. The molecule has 0 bridgehead atoms. The van der Waals surface area contributed by atoms with Crippen LogP contribution in [0.5, 0.6) is 0 Å². The average Bonchev–Trinajstić information content (AvgIpc) is 2.22. The molecule has 0 radical (unpaired) electrons. The van der Waals surface area contributed by atoms with E-state index >= 15 is 0 Å². The summed E-state index contributed by atoms with van der Waals surface area (Å²) in [6.45, 7) is 6.05. The van der Waals surface area contributed by atoms with Gasteiger partial charge in [-0.1, -0.05) is 38.1 Å². The summed E-state index contributed by atoms with van der Waals surface area (Å²) >= 11 is 0. The van der Waals surface area contributed by atoms with E-state index in [1.54, 1.807) is 0 Å². The van der Waals surface area contributed by atoms with Gasteiger partial charge in [0.05, 0.1) is 0 Å². The van der Waals surface area contributed by atoms with Crippen LogP contribution < -0.4 is 0 Å². The molecule has 1 aromatic rings. The molecule has 0 saturated heterocycles. The second kappa shape index (κ2) is 7.86. The molecule has 1 aromatic heterocycles. The maximum Gasteiger partial charge on any atom is 0.00339 e. The Labute approximate surface area is 76.3 Å². The van der Waals surface area contributed by atoms with Gasteiger partial charge in [-0.15, -0.1) is 0 Å². The molecule has 0 fully saturated rings. The molecule has 1 N–H and O–H groups in total. The molecule has 1 heterocycles. The maximum atomic E-state index is 3.03. The maximum absolute atomic E-state index is 3.03. The minimum atomic E-state index is 0. The highest BCUT2D eigenvalue weighted by Gasteiger charge is 1.69. The Morgan fingerprint density at radius 3 is 2.50 bits per heavy atom. The third-order valence-corrected chi connectivity index (χ3v) is 1.20. The van der Waals surface area contributed by atoms with Gasteiger partial charge in [0.2, 0.25) is 0 Å². The molecule has 0 unspecified atom stereocenters. The lowest BCUT2D eigenvalue weighted by atomic mass is 10.3. The van der Waals surface area contributed by atoms with Crippen LogP contribution in [0.15, 0.2) is 42.7 Å². The molecule has 1 nitrogen and oxygen atoms in total. The first-order valence-electron chi connectivity index (χ1n) is 4.32. The summed E-state index contributed by atoms with van der Waals surface area (Å²) in [7, 11) is 0. The topological polar surface area (TPSA) is 15.8 Å². The molecule has 0 atom stereocenters. The first-order chi connectivity index (χ1) is 5.89. The molecule has 0 aliphatic rings. The van der Waals surface area contributed by atoms with Crippen molar-refractivity contribution in [3.8, 4) is 0 Å². The highest BCUT2D eigenvalue weighted by Crippen LogP contribution is 1.87. The summed E-state index contributed by atoms with van der Waals surface area (Å²) in [5, 5.41) is 0. The lowest BCUT2D eigenvalue weighted by Crippen LogP contribution is -1.63. The van der Waals surface area contributed by atoms with Gasteiger partial charge in [0.15, 0.2) is 0 Å². The minimum Gasteiger partial charge on any atom is -0.367 e. The van der Waals surface area contributed by atoms with Crippen LogP contribution in [0.25, 0.3) is 0 Å². The zero-order valence-corrected chi connectivity index (χ0v) is 8.04. The Kier molecular flexibility index (Phi) is 7.05. The van der Waals surface area contributed by atoms with E-state index < -0.39 is 0 Å². The molecule has 0 aliphatic heterocycles. The molecule has 12 heavy (non-hydrogen) atoms. The number of aromatic nitrogens is 1. The van der Waals surface area contributed by atoms with E-state index in [9.17, 15) is 0 Å². The van der Waals surface area contributed by atoms with Gasteiger partial charge in [0.25, 0.3) is 0 Å². The summed E-state index contributed by atoms with van der Waals surface area (Å²) in [4.78, 5) is 3.03. The molecule has 68 valence electrons. The lowest BCUT2D eigenvalue weighted by Gasteiger charge is -1.78. The minimum absolute atomic E-state index is 0. The van der Waals surface area contributed by atoms with Crippen molar-refractivity contribution in [1.82, 2.24) is 4.98 Å². The predicted octanol–water partition coefficient (Wildman–Crippen LogP) is 3.72. The van der Waals surface area contributed by atoms with Gasteiger partial charge in [0.1, 0.15) is 0 Å². The van der Waals surface area contributed by atoms with Crippen molar-refractivity contribution >= 4 is 0 Å². The standard InChI is InChI=1S/C9H11N.C2H6.H2/c1-9-6-4-2-3-5-7-10-8-9;1-2;/h2-8,10H,1H3;1-2H3;1H. The Morgan fingerprint density at radius 2 is 1.75 bits per heavy atom. The SMILES string of the molecule is CC.Cc1cccccc[nH]c1.[HH]. The highest BCUT2D eigenvalue weighted by molar-refractivity contribution is 5.04. The van der Waals surface area contributed by atoms with Crippen LogP contribution in [-0.2, 0) is 0 Å². The van der Waals surface area contributed by atoms with Crippen molar-refractivity contribution in [3.63, 3.8) is 0 Å². The average molecular weight is 165 g/mol. The van der Waals surface area contributed by atoms with Gasteiger partial charge >= 0.3 is 0 Å². The third-order valence-electron chi connectivity index (χ3n) is 1.20. The molecule has 0 amide bonds. The van der Waals surface area contributed by atoms with Crippen molar-refractivity contribution in [2.75, 3.05) is 0 Å². The number of aryl methyl sites for hydroxylation is 1. The number of nitrogens with one attached hydrogen (secondary N) is 1. The van der Waals surface area contributed by atoms with Crippen molar-refractivity contribution in [2.24, 2.45) is 0 Å². The van der Waals surface area contributed by atoms with E-state index in [1.165, 1.54) is 5.56 Å².